The second-order valence-electron chi connectivity index (χ2n) is 7.52. The van der Waals surface area contributed by atoms with Gasteiger partial charge in [0.2, 0.25) is 0 Å². The molecule has 0 bridgehead atoms. The van der Waals surface area contributed by atoms with Crippen molar-refractivity contribution >= 4 is 29.1 Å². The second-order valence-corrected chi connectivity index (χ2v) is 7.96. The van der Waals surface area contributed by atoms with Crippen LogP contribution in [-0.2, 0) is 6.42 Å². The highest BCUT2D eigenvalue weighted by Gasteiger charge is 2.31. The summed E-state index contributed by atoms with van der Waals surface area (Å²) in [4.78, 5) is 28.0. The minimum atomic E-state index is -0.332. The number of nitrogens with one attached hydrogen (secondary N) is 1. The van der Waals surface area contributed by atoms with Crippen LogP contribution in [0.5, 0.6) is 0 Å². The van der Waals surface area contributed by atoms with E-state index in [0.717, 1.165) is 24.8 Å². The van der Waals surface area contributed by atoms with Crippen molar-refractivity contribution in [2.45, 2.75) is 51.6 Å². The molecule has 5 nitrogen and oxygen atoms in total. The number of halogens is 1. The van der Waals surface area contributed by atoms with Gasteiger partial charge in [-0.1, -0.05) is 23.7 Å². The Bertz CT molecular complexity index is 957. The number of rotatable bonds is 4. The van der Waals surface area contributed by atoms with Gasteiger partial charge in [0.05, 0.1) is 23.7 Å². The monoisotopic (exact) mass is 409 g/mol. The summed E-state index contributed by atoms with van der Waals surface area (Å²) in [7, 11) is 0. The molecule has 2 aromatic carbocycles. The maximum absolute atomic E-state index is 13.3. The third kappa shape index (κ3) is 4.78. The molecule has 0 aromatic heterocycles. The first kappa shape index (κ1) is 20.9. The predicted octanol–water partition coefficient (Wildman–Crippen LogP) is 5.06. The van der Waals surface area contributed by atoms with Crippen LogP contribution < -0.4 is 5.32 Å². The Kier molecular flexibility index (Phi) is 6.56. The molecule has 150 valence electrons. The molecule has 3 rings (SSSR count). The van der Waals surface area contributed by atoms with Crippen molar-refractivity contribution in [1.82, 2.24) is 4.90 Å². The van der Waals surface area contributed by atoms with Crippen LogP contribution in [0.25, 0.3) is 0 Å². The zero-order chi connectivity index (χ0) is 21.0. The Morgan fingerprint density at radius 1 is 1.17 bits per heavy atom. The van der Waals surface area contributed by atoms with Gasteiger partial charge in [-0.15, -0.1) is 0 Å². The highest BCUT2D eigenvalue weighted by atomic mass is 35.5. The molecule has 0 aliphatic carbocycles. The summed E-state index contributed by atoms with van der Waals surface area (Å²) >= 11 is 6.17. The maximum Gasteiger partial charge on any atom is 0.256 e. The van der Waals surface area contributed by atoms with Crippen LogP contribution in [0.2, 0.25) is 5.02 Å². The Hall–Kier alpha value is -2.84. The van der Waals surface area contributed by atoms with Gasteiger partial charge in [-0.05, 0) is 69.0 Å². The zero-order valence-corrected chi connectivity index (χ0v) is 17.4. The van der Waals surface area contributed by atoms with E-state index in [0.29, 0.717) is 21.8 Å². The zero-order valence-electron chi connectivity index (χ0n) is 16.6. The van der Waals surface area contributed by atoms with Gasteiger partial charge in [-0.2, -0.15) is 5.26 Å². The topological polar surface area (TPSA) is 73.2 Å². The SMILES string of the molecule is CC1CCCC(C)N1C(=O)c1cc(Cl)ccc1NC(=O)c1cccc(CC#N)c1. The Morgan fingerprint density at radius 3 is 2.59 bits per heavy atom. The first-order chi connectivity index (χ1) is 13.9. The van der Waals surface area contributed by atoms with E-state index in [2.05, 4.69) is 25.2 Å². The fourth-order valence-electron chi connectivity index (χ4n) is 3.87. The molecular weight excluding hydrogens is 386 g/mol. The molecule has 2 unspecified atom stereocenters. The molecule has 1 N–H and O–H groups in total. The number of hydrogen-bond donors (Lipinski definition) is 1. The average Bonchev–Trinajstić information content (AvgIpc) is 2.69. The van der Waals surface area contributed by atoms with E-state index in [4.69, 9.17) is 16.9 Å². The summed E-state index contributed by atoms with van der Waals surface area (Å²) in [6, 6.07) is 14.2. The third-order valence-corrected chi connectivity index (χ3v) is 5.60. The fourth-order valence-corrected chi connectivity index (χ4v) is 4.04. The Balaban J connectivity index is 1.89. The number of nitriles is 1. The first-order valence-electron chi connectivity index (χ1n) is 9.80. The van der Waals surface area contributed by atoms with Gasteiger partial charge in [-0.3, -0.25) is 9.59 Å². The van der Waals surface area contributed by atoms with Gasteiger partial charge in [0.25, 0.3) is 11.8 Å². The van der Waals surface area contributed by atoms with Gasteiger partial charge in [-0.25, -0.2) is 0 Å². The Labute approximate surface area is 176 Å². The van der Waals surface area contributed by atoms with Crippen LogP contribution in [0, 0.1) is 11.3 Å². The van der Waals surface area contributed by atoms with Crippen molar-refractivity contribution in [2.24, 2.45) is 0 Å². The minimum absolute atomic E-state index is 0.124. The maximum atomic E-state index is 13.3. The molecule has 1 heterocycles. The standard InChI is InChI=1S/C23H24ClN3O2/c1-15-5-3-6-16(2)27(15)23(29)20-14-19(24)9-10-21(20)26-22(28)18-8-4-7-17(13-18)11-12-25/h4,7-10,13-16H,3,5-6,11H2,1-2H3,(H,26,28). The van der Waals surface area contributed by atoms with Gasteiger partial charge in [0, 0.05) is 22.7 Å². The molecule has 2 aromatic rings. The number of nitrogens with zero attached hydrogens (tertiary/aromatic N) is 2. The number of benzene rings is 2. The number of anilines is 1. The van der Waals surface area contributed by atoms with E-state index < -0.39 is 0 Å². The molecular formula is C23H24ClN3O2. The third-order valence-electron chi connectivity index (χ3n) is 5.36. The van der Waals surface area contributed by atoms with Crippen molar-refractivity contribution in [3.63, 3.8) is 0 Å². The highest BCUT2D eigenvalue weighted by Crippen LogP contribution is 2.29. The van der Waals surface area contributed by atoms with E-state index >= 15 is 0 Å². The summed E-state index contributed by atoms with van der Waals surface area (Å²) in [5.41, 5.74) is 2.02. The van der Waals surface area contributed by atoms with E-state index in [1.54, 1.807) is 42.5 Å². The summed E-state index contributed by atoms with van der Waals surface area (Å²) in [6.07, 6.45) is 3.26. The van der Waals surface area contributed by atoms with Gasteiger partial charge < -0.3 is 10.2 Å². The van der Waals surface area contributed by atoms with Crippen LogP contribution in [0.1, 0.15) is 59.4 Å². The number of piperidine rings is 1. The van der Waals surface area contributed by atoms with Crippen LogP contribution >= 0.6 is 11.6 Å². The Morgan fingerprint density at radius 2 is 1.90 bits per heavy atom. The summed E-state index contributed by atoms with van der Waals surface area (Å²) < 4.78 is 0. The van der Waals surface area contributed by atoms with E-state index in [1.807, 2.05) is 4.90 Å². The van der Waals surface area contributed by atoms with Crippen LogP contribution in [0.15, 0.2) is 42.5 Å². The van der Waals surface area contributed by atoms with Crippen molar-refractivity contribution < 1.29 is 9.59 Å². The lowest BCUT2D eigenvalue weighted by Crippen LogP contribution is -2.47. The normalized spacial score (nSPS) is 18.8. The molecule has 0 spiro atoms. The lowest BCUT2D eigenvalue weighted by molar-refractivity contribution is 0.0512. The molecule has 1 aliphatic heterocycles. The number of amides is 2. The molecule has 1 fully saturated rings. The molecule has 29 heavy (non-hydrogen) atoms. The van der Waals surface area contributed by atoms with E-state index in [9.17, 15) is 9.59 Å². The number of carbonyl (C=O) groups excluding carboxylic acids is 2. The van der Waals surface area contributed by atoms with Crippen molar-refractivity contribution in [3.8, 4) is 6.07 Å². The van der Waals surface area contributed by atoms with Gasteiger partial charge >= 0.3 is 0 Å². The van der Waals surface area contributed by atoms with E-state index in [-0.39, 0.29) is 30.3 Å². The molecule has 0 radical (unpaired) electrons. The lowest BCUT2D eigenvalue weighted by Gasteiger charge is -2.39. The summed E-state index contributed by atoms with van der Waals surface area (Å²) in [5.74, 6) is -0.457. The number of carbonyl (C=O) groups is 2. The van der Waals surface area contributed by atoms with E-state index in [1.165, 1.54) is 0 Å². The number of likely N-dealkylation sites (tertiary alicyclic amines) is 1. The first-order valence-corrected chi connectivity index (χ1v) is 10.2. The molecule has 1 saturated heterocycles. The van der Waals surface area contributed by atoms with Crippen LogP contribution in [0.3, 0.4) is 0 Å². The quantitative estimate of drug-likeness (QED) is 0.766. The molecule has 1 aliphatic rings. The van der Waals surface area contributed by atoms with Crippen molar-refractivity contribution in [2.75, 3.05) is 5.32 Å². The summed E-state index contributed by atoms with van der Waals surface area (Å²) in [6.45, 7) is 4.11. The molecule has 2 amide bonds. The molecule has 6 heteroatoms. The summed E-state index contributed by atoms with van der Waals surface area (Å²) in [5, 5.41) is 12.2. The lowest BCUT2D eigenvalue weighted by atomic mass is 9.96. The van der Waals surface area contributed by atoms with Crippen molar-refractivity contribution in [1.29, 1.82) is 5.26 Å². The smallest absolute Gasteiger partial charge is 0.256 e. The largest absolute Gasteiger partial charge is 0.333 e. The molecule has 2 atom stereocenters. The van der Waals surface area contributed by atoms with Crippen LogP contribution in [-0.4, -0.2) is 28.8 Å². The molecule has 0 saturated carbocycles. The van der Waals surface area contributed by atoms with Gasteiger partial charge in [0.1, 0.15) is 0 Å². The highest BCUT2D eigenvalue weighted by molar-refractivity contribution is 6.31. The van der Waals surface area contributed by atoms with Crippen LogP contribution in [0.4, 0.5) is 5.69 Å². The minimum Gasteiger partial charge on any atom is -0.333 e. The fraction of sp³-hybridized carbons (Fsp3) is 0.348. The number of hydrogen-bond acceptors (Lipinski definition) is 3. The van der Waals surface area contributed by atoms with Crippen molar-refractivity contribution in [3.05, 3.63) is 64.2 Å². The second kappa shape index (κ2) is 9.11. The average molecular weight is 410 g/mol. The predicted molar refractivity (Wildman–Crippen MR) is 114 cm³/mol. The van der Waals surface area contributed by atoms with Gasteiger partial charge in [0.15, 0.2) is 0 Å².